The average Bonchev–Trinajstić information content (AvgIpc) is 2.78. The number of ether oxygens (including phenoxy) is 2. The van der Waals surface area contributed by atoms with Crippen molar-refractivity contribution in [1.29, 1.82) is 0 Å². The molecule has 2 rings (SSSR count). The van der Waals surface area contributed by atoms with Crippen LogP contribution in [0.1, 0.15) is 52.2 Å². The Morgan fingerprint density at radius 1 is 1.15 bits per heavy atom. The molecule has 1 unspecified atom stereocenters. The van der Waals surface area contributed by atoms with Crippen molar-refractivity contribution in [3.05, 3.63) is 58.1 Å². The average molecular weight is 519 g/mol. The van der Waals surface area contributed by atoms with Crippen molar-refractivity contribution in [2.45, 2.75) is 59.0 Å². The molecule has 1 atom stereocenters. The fourth-order valence-corrected chi connectivity index (χ4v) is 3.75. The Bertz CT molecular complexity index is 956. The van der Waals surface area contributed by atoms with E-state index in [-0.39, 0.29) is 30.4 Å². The van der Waals surface area contributed by atoms with Gasteiger partial charge in [-0.25, -0.2) is 0 Å². The van der Waals surface area contributed by atoms with Gasteiger partial charge < -0.3 is 19.7 Å². The molecule has 6 nitrogen and oxygen atoms in total. The number of nitrogens with one attached hydrogen (secondary N) is 1. The van der Waals surface area contributed by atoms with Crippen molar-refractivity contribution in [3.63, 3.8) is 0 Å². The molecule has 0 aliphatic carbocycles. The lowest BCUT2D eigenvalue weighted by Crippen LogP contribution is -2.49. The zero-order valence-electron chi connectivity index (χ0n) is 20.4. The van der Waals surface area contributed by atoms with E-state index < -0.39 is 6.04 Å². The van der Waals surface area contributed by atoms with Crippen LogP contribution < -0.4 is 14.8 Å². The van der Waals surface area contributed by atoms with E-state index in [9.17, 15) is 9.59 Å². The Morgan fingerprint density at radius 2 is 1.88 bits per heavy atom. The molecule has 2 aromatic rings. The Balaban J connectivity index is 2.19. The first-order valence-electron chi connectivity index (χ1n) is 11.2. The molecule has 0 aliphatic heterocycles. The third-order valence-corrected chi connectivity index (χ3v) is 5.97. The lowest BCUT2D eigenvalue weighted by atomic mass is 9.87. The van der Waals surface area contributed by atoms with Crippen LogP contribution in [-0.4, -0.2) is 43.0 Å². The summed E-state index contributed by atoms with van der Waals surface area (Å²) in [4.78, 5) is 27.4. The van der Waals surface area contributed by atoms with Crippen LogP contribution in [0.4, 0.5) is 0 Å². The maximum absolute atomic E-state index is 13.2. The van der Waals surface area contributed by atoms with E-state index in [0.717, 1.165) is 22.0 Å². The predicted molar refractivity (Wildman–Crippen MR) is 135 cm³/mol. The number of carbonyl (C=O) groups excluding carboxylic acids is 2. The van der Waals surface area contributed by atoms with E-state index in [0.29, 0.717) is 18.0 Å². The normalized spacial score (nSPS) is 12.1. The van der Waals surface area contributed by atoms with Gasteiger partial charge in [-0.15, -0.1) is 0 Å². The monoisotopic (exact) mass is 518 g/mol. The van der Waals surface area contributed by atoms with Gasteiger partial charge in [-0.3, -0.25) is 9.59 Å². The van der Waals surface area contributed by atoms with E-state index in [1.54, 1.807) is 14.0 Å². The molecule has 0 aromatic heterocycles. The Hall–Kier alpha value is -2.54. The van der Waals surface area contributed by atoms with Gasteiger partial charge in [0.2, 0.25) is 5.91 Å². The van der Waals surface area contributed by atoms with Crippen molar-refractivity contribution < 1.29 is 19.1 Å². The summed E-state index contributed by atoms with van der Waals surface area (Å²) in [6.45, 7) is 10.8. The van der Waals surface area contributed by atoms with Crippen LogP contribution in [0, 0.1) is 0 Å². The van der Waals surface area contributed by atoms with Crippen LogP contribution in [0.2, 0.25) is 0 Å². The van der Waals surface area contributed by atoms with Crippen molar-refractivity contribution in [2.75, 3.05) is 20.3 Å². The summed E-state index contributed by atoms with van der Waals surface area (Å²) in [6, 6.07) is 12.7. The maximum Gasteiger partial charge on any atom is 0.261 e. The summed E-state index contributed by atoms with van der Waals surface area (Å²) in [6.07, 6.45) is 0.823. The smallest absolute Gasteiger partial charge is 0.261 e. The fraction of sp³-hybridized carbons (Fsp3) is 0.462. The molecule has 0 fully saturated rings. The summed E-state index contributed by atoms with van der Waals surface area (Å²) in [5, 5.41) is 2.87. The first-order chi connectivity index (χ1) is 15.6. The first-order valence-corrected chi connectivity index (χ1v) is 12.0. The molecule has 33 heavy (non-hydrogen) atoms. The minimum Gasteiger partial charge on any atom is -0.497 e. The molecule has 7 heteroatoms. The number of hydrogen-bond donors (Lipinski definition) is 1. The molecule has 0 heterocycles. The molecular formula is C26H35BrN2O4. The molecule has 2 aromatic carbocycles. The molecule has 0 saturated carbocycles. The van der Waals surface area contributed by atoms with Gasteiger partial charge >= 0.3 is 0 Å². The quantitative estimate of drug-likeness (QED) is 0.476. The maximum atomic E-state index is 13.2. The Labute approximate surface area is 205 Å². The Morgan fingerprint density at radius 3 is 2.48 bits per heavy atom. The van der Waals surface area contributed by atoms with Crippen molar-refractivity contribution in [2.24, 2.45) is 0 Å². The molecule has 2 amide bonds. The largest absolute Gasteiger partial charge is 0.497 e. The van der Waals surface area contributed by atoms with E-state index in [2.05, 4.69) is 42.0 Å². The predicted octanol–water partition coefficient (Wildman–Crippen LogP) is 5.08. The molecule has 0 spiro atoms. The van der Waals surface area contributed by atoms with E-state index in [1.165, 1.54) is 4.90 Å². The Kier molecular flexibility index (Phi) is 9.77. The summed E-state index contributed by atoms with van der Waals surface area (Å²) in [7, 11) is 1.60. The summed E-state index contributed by atoms with van der Waals surface area (Å²) in [5.74, 6) is 0.815. The van der Waals surface area contributed by atoms with Gasteiger partial charge in [-0.2, -0.15) is 0 Å². The lowest BCUT2D eigenvalue weighted by molar-refractivity contribution is -0.142. The number of methoxy groups -OCH3 is 1. The lowest BCUT2D eigenvalue weighted by Gasteiger charge is -2.29. The number of nitrogens with zero attached hydrogens (tertiary/aromatic N) is 1. The molecule has 0 aliphatic rings. The second-order valence-corrected chi connectivity index (χ2v) is 9.88. The second-order valence-electron chi connectivity index (χ2n) is 9.02. The molecule has 0 radical (unpaired) electrons. The van der Waals surface area contributed by atoms with E-state index >= 15 is 0 Å². The van der Waals surface area contributed by atoms with Gasteiger partial charge in [-0.1, -0.05) is 45.9 Å². The molecule has 180 valence electrons. The number of benzene rings is 2. The highest BCUT2D eigenvalue weighted by Crippen LogP contribution is 2.31. The molecular weight excluding hydrogens is 484 g/mol. The summed E-state index contributed by atoms with van der Waals surface area (Å²) in [5.41, 5.74) is 2.04. The van der Waals surface area contributed by atoms with Crippen molar-refractivity contribution in [1.82, 2.24) is 10.2 Å². The van der Waals surface area contributed by atoms with E-state index in [4.69, 9.17) is 9.47 Å². The topological polar surface area (TPSA) is 67.9 Å². The molecule has 1 N–H and O–H groups in total. The highest BCUT2D eigenvalue weighted by Gasteiger charge is 2.26. The van der Waals surface area contributed by atoms with Crippen LogP contribution >= 0.6 is 15.9 Å². The van der Waals surface area contributed by atoms with E-state index in [1.807, 2.05) is 49.4 Å². The van der Waals surface area contributed by atoms with Gasteiger partial charge in [0.05, 0.1) is 11.6 Å². The fourth-order valence-electron chi connectivity index (χ4n) is 3.25. The molecule has 0 bridgehead atoms. The SMILES string of the molecule is CCCNC(=O)C(C)N(Cc1cccc(OC)c1)C(=O)COc1ccc(C(C)(C)C)cc1Br. The third kappa shape index (κ3) is 7.77. The highest BCUT2D eigenvalue weighted by molar-refractivity contribution is 9.10. The number of rotatable bonds is 10. The van der Waals surface area contributed by atoms with Gasteiger partial charge in [0.1, 0.15) is 17.5 Å². The minimum atomic E-state index is -0.648. The number of carbonyl (C=O) groups is 2. The first kappa shape index (κ1) is 26.7. The van der Waals surface area contributed by atoms with Crippen LogP contribution in [0.25, 0.3) is 0 Å². The van der Waals surface area contributed by atoms with Gasteiger partial charge in [0.15, 0.2) is 6.61 Å². The van der Waals surface area contributed by atoms with Crippen molar-refractivity contribution >= 4 is 27.7 Å². The number of hydrogen-bond acceptors (Lipinski definition) is 4. The van der Waals surface area contributed by atoms with Crippen molar-refractivity contribution in [3.8, 4) is 11.5 Å². The summed E-state index contributed by atoms with van der Waals surface area (Å²) < 4.78 is 11.9. The zero-order valence-corrected chi connectivity index (χ0v) is 22.0. The zero-order chi connectivity index (χ0) is 24.6. The molecule has 0 saturated heterocycles. The summed E-state index contributed by atoms with van der Waals surface area (Å²) >= 11 is 3.55. The third-order valence-electron chi connectivity index (χ3n) is 5.35. The minimum absolute atomic E-state index is 0.00565. The van der Waals surface area contributed by atoms with Gasteiger partial charge in [0.25, 0.3) is 5.91 Å². The highest BCUT2D eigenvalue weighted by atomic mass is 79.9. The number of amides is 2. The van der Waals surface area contributed by atoms with Gasteiger partial charge in [-0.05, 0) is 70.1 Å². The van der Waals surface area contributed by atoms with Gasteiger partial charge in [0, 0.05) is 13.1 Å². The number of halogens is 1. The second kappa shape index (κ2) is 12.1. The van der Waals surface area contributed by atoms with Crippen LogP contribution in [0.15, 0.2) is 46.9 Å². The van der Waals surface area contributed by atoms with Crippen LogP contribution in [0.5, 0.6) is 11.5 Å². The standard InChI is InChI=1S/C26H35BrN2O4/c1-7-13-28-25(31)18(2)29(16-19-9-8-10-21(14-19)32-6)24(30)17-33-23-12-11-20(15-22(23)27)26(3,4)5/h8-12,14-15,18H,7,13,16-17H2,1-6H3,(H,28,31). The van der Waals surface area contributed by atoms with Crippen LogP contribution in [-0.2, 0) is 21.5 Å². The van der Waals surface area contributed by atoms with Crippen LogP contribution in [0.3, 0.4) is 0 Å².